The van der Waals surface area contributed by atoms with E-state index in [-0.39, 0.29) is 6.29 Å². The van der Waals surface area contributed by atoms with Crippen LogP contribution in [0.25, 0.3) is 0 Å². The van der Waals surface area contributed by atoms with Crippen LogP contribution in [0.4, 0.5) is 0 Å². The molecule has 0 spiro atoms. The van der Waals surface area contributed by atoms with Crippen LogP contribution in [-0.4, -0.2) is 12.9 Å². The van der Waals surface area contributed by atoms with Crippen molar-refractivity contribution in [2.45, 2.75) is 57.8 Å². The number of rotatable bonds is 7. The second kappa shape index (κ2) is 6.52. The van der Waals surface area contributed by atoms with Gasteiger partial charge < -0.3 is 14.8 Å². The summed E-state index contributed by atoms with van der Waals surface area (Å²) >= 11 is 0. The molecule has 4 bridgehead atoms. The third kappa shape index (κ3) is 2.81. The summed E-state index contributed by atoms with van der Waals surface area (Å²) in [6.07, 6.45) is 8.71. The molecule has 9 unspecified atom stereocenters. The summed E-state index contributed by atoms with van der Waals surface area (Å²) in [5, 5.41) is 3.24. The van der Waals surface area contributed by atoms with Crippen LogP contribution < -0.4 is 10.1 Å². The van der Waals surface area contributed by atoms with Crippen molar-refractivity contribution in [3.63, 3.8) is 0 Å². The summed E-state index contributed by atoms with van der Waals surface area (Å²) in [7, 11) is 0. The predicted octanol–water partition coefficient (Wildman–Crippen LogP) is 5.29. The van der Waals surface area contributed by atoms with E-state index in [4.69, 9.17) is 9.47 Å². The topological polar surface area (TPSA) is 40.4 Å². The first-order valence-electron chi connectivity index (χ1n) is 11.5. The minimum absolute atomic E-state index is 0.186. The van der Waals surface area contributed by atoms with Crippen LogP contribution in [-0.2, 0) is 4.74 Å². The first-order chi connectivity index (χ1) is 13.7. The highest BCUT2D eigenvalue weighted by Gasteiger charge is 2.61. The molecule has 9 atom stereocenters. The zero-order valence-corrected chi connectivity index (χ0v) is 17.0. The van der Waals surface area contributed by atoms with Crippen molar-refractivity contribution in [2.75, 3.05) is 6.61 Å². The Bertz CT molecular complexity index is 758. The molecule has 3 nitrogen and oxygen atoms in total. The monoisotopic (exact) mass is 379 g/mol. The van der Waals surface area contributed by atoms with Gasteiger partial charge in [-0.1, -0.05) is 18.7 Å². The quantitative estimate of drug-likeness (QED) is 0.397. The molecule has 0 radical (unpaired) electrons. The molecule has 5 fully saturated rings. The maximum atomic E-state index is 6.05. The zero-order valence-electron chi connectivity index (χ0n) is 17.0. The summed E-state index contributed by atoms with van der Waals surface area (Å²) < 4.78 is 12.0. The zero-order chi connectivity index (χ0) is 18.8. The highest BCUT2D eigenvalue weighted by atomic mass is 16.7. The standard InChI is InChI=1S/C25H33NO2/c1-14-25(26-14)16-5-7-21(8-6-16)28-15(2)27-10-9-17-11-20-13-22(17)24-19-4-3-18(12-19)23(20)24/h5-8,15,17-20,22-26H,1,3-4,9-13H2,2H3. The molecule has 28 heavy (non-hydrogen) atoms. The van der Waals surface area contributed by atoms with Crippen molar-refractivity contribution in [1.82, 2.24) is 5.32 Å². The van der Waals surface area contributed by atoms with Crippen LogP contribution in [0, 0.1) is 41.4 Å². The summed E-state index contributed by atoms with van der Waals surface area (Å²) in [6.45, 7) is 6.80. The largest absolute Gasteiger partial charge is 0.465 e. The fourth-order valence-corrected chi connectivity index (χ4v) is 7.81. The van der Waals surface area contributed by atoms with Crippen LogP contribution >= 0.6 is 0 Å². The Hall–Kier alpha value is -1.48. The third-order valence-corrected chi connectivity index (χ3v) is 8.82. The molecule has 4 saturated carbocycles. The molecule has 6 rings (SSSR count). The smallest absolute Gasteiger partial charge is 0.196 e. The van der Waals surface area contributed by atoms with E-state index < -0.39 is 0 Å². The molecule has 4 aliphatic carbocycles. The molecular formula is C25H33NO2. The lowest BCUT2D eigenvalue weighted by atomic mass is 9.67. The molecule has 1 aliphatic heterocycles. The number of hydrogen-bond donors (Lipinski definition) is 1. The molecule has 0 amide bonds. The predicted molar refractivity (Wildman–Crippen MR) is 110 cm³/mol. The maximum absolute atomic E-state index is 6.05. The minimum Gasteiger partial charge on any atom is -0.465 e. The van der Waals surface area contributed by atoms with Crippen LogP contribution in [0.2, 0.25) is 0 Å². The van der Waals surface area contributed by atoms with E-state index in [1.165, 1.54) is 31.2 Å². The Kier molecular flexibility index (Phi) is 4.05. The van der Waals surface area contributed by atoms with Crippen LogP contribution in [0.1, 0.15) is 57.1 Å². The van der Waals surface area contributed by atoms with Gasteiger partial charge in [0.2, 0.25) is 0 Å². The molecular weight excluding hydrogens is 346 g/mol. The Morgan fingerprint density at radius 2 is 1.79 bits per heavy atom. The summed E-state index contributed by atoms with van der Waals surface area (Å²) in [6, 6.07) is 8.62. The first-order valence-corrected chi connectivity index (χ1v) is 11.5. The maximum Gasteiger partial charge on any atom is 0.196 e. The Balaban J connectivity index is 0.975. The molecule has 1 N–H and O–H groups in total. The van der Waals surface area contributed by atoms with Gasteiger partial charge in [0.15, 0.2) is 6.29 Å². The average Bonchev–Trinajstić information content (AvgIpc) is 3.16. The van der Waals surface area contributed by atoms with Crippen molar-refractivity contribution >= 4 is 0 Å². The molecule has 3 heteroatoms. The fourth-order valence-electron chi connectivity index (χ4n) is 7.81. The van der Waals surface area contributed by atoms with Gasteiger partial charge in [-0.2, -0.15) is 0 Å². The summed E-state index contributed by atoms with van der Waals surface area (Å²) in [5.74, 6) is 8.27. The molecule has 1 saturated heterocycles. The summed E-state index contributed by atoms with van der Waals surface area (Å²) in [4.78, 5) is 0. The second-order valence-corrected chi connectivity index (χ2v) is 10.2. The van der Waals surface area contributed by atoms with Gasteiger partial charge in [0.1, 0.15) is 5.75 Å². The Labute approximate surface area is 168 Å². The molecule has 150 valence electrons. The van der Waals surface area contributed by atoms with Gasteiger partial charge in [-0.3, -0.25) is 0 Å². The lowest BCUT2D eigenvalue weighted by Gasteiger charge is -2.38. The molecule has 1 aromatic carbocycles. The number of fused-ring (bicyclic) bond motifs is 9. The van der Waals surface area contributed by atoms with Gasteiger partial charge >= 0.3 is 0 Å². The van der Waals surface area contributed by atoms with Crippen molar-refractivity contribution < 1.29 is 9.47 Å². The van der Waals surface area contributed by atoms with E-state index in [9.17, 15) is 0 Å². The summed E-state index contributed by atoms with van der Waals surface area (Å²) in [5.41, 5.74) is 2.35. The van der Waals surface area contributed by atoms with Crippen molar-refractivity contribution in [3.8, 4) is 5.75 Å². The number of benzene rings is 1. The lowest BCUT2D eigenvalue weighted by molar-refractivity contribution is -0.0735. The lowest BCUT2D eigenvalue weighted by Crippen LogP contribution is -2.33. The van der Waals surface area contributed by atoms with Crippen molar-refractivity contribution in [1.29, 1.82) is 0 Å². The van der Waals surface area contributed by atoms with Crippen LogP contribution in [0.5, 0.6) is 5.75 Å². The van der Waals surface area contributed by atoms with E-state index in [0.717, 1.165) is 59.5 Å². The Morgan fingerprint density at radius 3 is 2.54 bits per heavy atom. The van der Waals surface area contributed by atoms with E-state index in [2.05, 4.69) is 24.0 Å². The van der Waals surface area contributed by atoms with Crippen LogP contribution in [0.15, 0.2) is 36.5 Å². The fraction of sp³-hybridized carbons (Fsp3) is 0.680. The molecule has 5 aliphatic rings. The molecule has 0 aromatic heterocycles. The van der Waals surface area contributed by atoms with Gasteiger partial charge in [0.25, 0.3) is 0 Å². The Morgan fingerprint density at radius 1 is 1.04 bits per heavy atom. The average molecular weight is 380 g/mol. The molecule has 1 heterocycles. The number of hydrogen-bond acceptors (Lipinski definition) is 3. The van der Waals surface area contributed by atoms with Gasteiger partial charge in [-0.25, -0.2) is 0 Å². The second-order valence-electron chi connectivity index (χ2n) is 10.2. The van der Waals surface area contributed by atoms with Gasteiger partial charge in [-0.15, -0.1) is 0 Å². The number of ether oxygens (including phenoxy) is 2. The van der Waals surface area contributed by atoms with Gasteiger partial charge in [0, 0.05) is 5.70 Å². The SMILES string of the molecule is C=C1NC1c1ccc(OC(C)OCCC2CC3CC2C2C4CCC(C4)C32)cc1. The van der Waals surface area contributed by atoms with Crippen molar-refractivity contribution in [3.05, 3.63) is 42.1 Å². The van der Waals surface area contributed by atoms with Crippen LogP contribution in [0.3, 0.4) is 0 Å². The first kappa shape index (κ1) is 17.4. The van der Waals surface area contributed by atoms with E-state index in [1.54, 1.807) is 12.8 Å². The van der Waals surface area contributed by atoms with E-state index in [1.807, 2.05) is 19.1 Å². The van der Waals surface area contributed by atoms with Gasteiger partial charge in [-0.05, 0) is 105 Å². The highest BCUT2D eigenvalue weighted by molar-refractivity contribution is 5.39. The van der Waals surface area contributed by atoms with Crippen molar-refractivity contribution in [2.24, 2.45) is 41.4 Å². The van der Waals surface area contributed by atoms with Gasteiger partial charge in [0.05, 0.1) is 12.6 Å². The van der Waals surface area contributed by atoms with E-state index in [0.29, 0.717) is 6.04 Å². The highest BCUT2D eigenvalue weighted by Crippen LogP contribution is 2.69. The normalized spacial score (nSPS) is 43.1. The number of nitrogens with one attached hydrogen (secondary N) is 1. The minimum atomic E-state index is -0.186. The third-order valence-electron chi connectivity index (χ3n) is 8.82. The molecule has 1 aromatic rings. The van der Waals surface area contributed by atoms with E-state index >= 15 is 0 Å².